The number of nitrogens with zero attached hydrogens (tertiary/aromatic N) is 2. The zero-order valence-electron chi connectivity index (χ0n) is 20.6. The lowest BCUT2D eigenvalue weighted by molar-refractivity contribution is -0.146. The van der Waals surface area contributed by atoms with Gasteiger partial charge in [0.15, 0.2) is 6.04 Å². The minimum Gasteiger partial charge on any atom is -0.467 e. The van der Waals surface area contributed by atoms with Crippen LogP contribution in [0, 0.1) is 0 Å². The van der Waals surface area contributed by atoms with Crippen LogP contribution < -0.4 is 5.32 Å². The third-order valence-corrected chi connectivity index (χ3v) is 5.37. The summed E-state index contributed by atoms with van der Waals surface area (Å²) in [7, 11) is 1.09. The van der Waals surface area contributed by atoms with Gasteiger partial charge in [0, 0.05) is 18.3 Å². The second-order valence-electron chi connectivity index (χ2n) is 8.01. The molecule has 0 bridgehead atoms. The molecule has 0 unspecified atom stereocenters. The number of hydrogen-bond acceptors (Lipinski definition) is 9. The molecule has 0 aliphatic rings. The maximum Gasteiger partial charge on any atom is 0.420 e. The summed E-state index contributed by atoms with van der Waals surface area (Å²) in [4.78, 5) is 59.0. The van der Waals surface area contributed by atoms with Crippen LogP contribution in [0.5, 0.6) is 0 Å². The molecule has 0 radical (unpaired) electrons. The summed E-state index contributed by atoms with van der Waals surface area (Å²) in [5.41, 5.74) is 1.71. The number of amides is 3. The van der Waals surface area contributed by atoms with Crippen LogP contribution in [0.2, 0.25) is 0 Å². The van der Waals surface area contributed by atoms with E-state index in [1.54, 1.807) is 60.7 Å². The molecule has 0 saturated carbocycles. The number of imidazole rings is 1. The Balaban J connectivity index is 1.89. The first-order chi connectivity index (χ1) is 18.4. The Labute approximate surface area is 218 Å². The fraction of sp³-hybridized carbons (Fsp3) is 0.269. The van der Waals surface area contributed by atoms with E-state index in [0.29, 0.717) is 21.7 Å². The first-order valence-electron chi connectivity index (χ1n) is 11.6. The molecule has 3 aromatic rings. The summed E-state index contributed by atoms with van der Waals surface area (Å²) in [6.45, 7) is -1.13. The molecule has 0 spiro atoms. The number of H-pyrrole nitrogens is 1. The molecule has 0 aliphatic heterocycles. The van der Waals surface area contributed by atoms with Crippen LogP contribution in [0.3, 0.4) is 0 Å². The van der Waals surface area contributed by atoms with Gasteiger partial charge in [0.2, 0.25) is 5.91 Å². The fourth-order valence-corrected chi connectivity index (χ4v) is 3.40. The number of hydrogen-bond donors (Lipinski definition) is 3. The van der Waals surface area contributed by atoms with E-state index in [1.165, 1.54) is 12.5 Å². The Morgan fingerprint density at radius 2 is 1.50 bits per heavy atom. The minimum atomic E-state index is -1.54. The lowest BCUT2D eigenvalue weighted by Crippen LogP contribution is -2.57. The van der Waals surface area contributed by atoms with E-state index in [-0.39, 0.29) is 19.6 Å². The zero-order valence-corrected chi connectivity index (χ0v) is 20.6. The van der Waals surface area contributed by atoms with E-state index in [0.717, 1.165) is 7.11 Å². The number of aliphatic hydroxyl groups excluding tert-OH is 1. The number of imide groups is 1. The summed E-state index contributed by atoms with van der Waals surface area (Å²) in [5.74, 6) is -1.84. The van der Waals surface area contributed by atoms with Crippen LogP contribution in [-0.2, 0) is 43.4 Å². The molecular weight excluding hydrogens is 496 g/mol. The molecule has 0 saturated heterocycles. The van der Waals surface area contributed by atoms with Crippen molar-refractivity contribution >= 4 is 24.1 Å². The van der Waals surface area contributed by atoms with Gasteiger partial charge in [0.1, 0.15) is 19.3 Å². The predicted octanol–water partition coefficient (Wildman–Crippen LogP) is 1.95. The van der Waals surface area contributed by atoms with E-state index < -0.39 is 42.8 Å². The Hall–Kier alpha value is -4.71. The van der Waals surface area contributed by atoms with Crippen molar-refractivity contribution in [2.24, 2.45) is 0 Å². The number of methoxy groups -OCH3 is 1. The SMILES string of the molecule is COC(=O)[C@H](CO)NC(=O)[C@H](Cc1cnc[nH]1)N(C(=O)OCc1ccccc1)C(=O)OCc1ccccc1. The fourth-order valence-electron chi connectivity index (χ4n) is 3.40. The van der Waals surface area contributed by atoms with Crippen molar-refractivity contribution < 1.29 is 38.5 Å². The van der Waals surface area contributed by atoms with Crippen molar-refractivity contribution in [1.82, 2.24) is 20.2 Å². The molecule has 0 aliphatic carbocycles. The Kier molecular flexibility index (Phi) is 10.4. The molecule has 1 aromatic heterocycles. The van der Waals surface area contributed by atoms with Crippen molar-refractivity contribution in [3.63, 3.8) is 0 Å². The van der Waals surface area contributed by atoms with Crippen molar-refractivity contribution in [2.75, 3.05) is 13.7 Å². The van der Waals surface area contributed by atoms with Gasteiger partial charge >= 0.3 is 18.2 Å². The highest BCUT2D eigenvalue weighted by molar-refractivity contribution is 5.96. The number of nitrogens with one attached hydrogen (secondary N) is 2. The normalized spacial score (nSPS) is 12.1. The van der Waals surface area contributed by atoms with Gasteiger partial charge in [-0.05, 0) is 11.1 Å². The van der Waals surface area contributed by atoms with Crippen LogP contribution in [0.1, 0.15) is 16.8 Å². The highest BCUT2D eigenvalue weighted by Crippen LogP contribution is 2.15. The number of esters is 1. The summed E-state index contributed by atoms with van der Waals surface area (Å²) >= 11 is 0. The average Bonchev–Trinajstić information content (AvgIpc) is 3.47. The highest BCUT2D eigenvalue weighted by atomic mass is 16.6. The van der Waals surface area contributed by atoms with Crippen LogP contribution in [0.25, 0.3) is 0 Å². The number of rotatable bonds is 11. The first-order valence-corrected chi connectivity index (χ1v) is 11.6. The Morgan fingerprint density at radius 3 is 1.95 bits per heavy atom. The third kappa shape index (κ3) is 7.90. The molecule has 1 heterocycles. The second-order valence-corrected chi connectivity index (χ2v) is 8.01. The van der Waals surface area contributed by atoms with Gasteiger partial charge in [-0.1, -0.05) is 60.7 Å². The number of aliphatic hydroxyl groups is 1. The molecule has 200 valence electrons. The van der Waals surface area contributed by atoms with Gasteiger partial charge in [-0.15, -0.1) is 0 Å². The maximum absolute atomic E-state index is 13.3. The highest BCUT2D eigenvalue weighted by Gasteiger charge is 2.39. The van der Waals surface area contributed by atoms with Crippen molar-refractivity contribution in [3.05, 3.63) is 90.0 Å². The zero-order chi connectivity index (χ0) is 27.3. The minimum absolute atomic E-state index is 0.179. The standard InChI is InChI=1S/C26H28N4O8/c1-36-24(33)21(14-31)29-23(32)22(12-20-13-27-17-28-20)30(25(34)37-15-18-8-4-2-5-9-18)26(35)38-16-19-10-6-3-7-11-19/h2-11,13,17,21-22,31H,12,14-16H2,1H3,(H,27,28)(H,29,32)/t21-,22-/m0/s1. The van der Waals surface area contributed by atoms with Crippen molar-refractivity contribution in [2.45, 2.75) is 31.7 Å². The molecule has 38 heavy (non-hydrogen) atoms. The first kappa shape index (κ1) is 27.9. The number of aromatic amines is 1. The quantitative estimate of drug-likeness (QED) is 0.252. The maximum atomic E-state index is 13.3. The number of aromatic nitrogens is 2. The largest absolute Gasteiger partial charge is 0.467 e. The molecule has 2 aromatic carbocycles. The van der Waals surface area contributed by atoms with E-state index >= 15 is 0 Å². The summed E-state index contributed by atoms with van der Waals surface area (Å²) in [6, 6.07) is 14.5. The van der Waals surface area contributed by atoms with Crippen LogP contribution in [0.4, 0.5) is 9.59 Å². The molecule has 2 atom stereocenters. The molecule has 0 fully saturated rings. The monoisotopic (exact) mass is 524 g/mol. The topological polar surface area (TPSA) is 160 Å². The lowest BCUT2D eigenvalue weighted by atomic mass is 10.1. The summed E-state index contributed by atoms with van der Waals surface area (Å²) < 4.78 is 15.3. The van der Waals surface area contributed by atoms with Gasteiger partial charge in [-0.2, -0.15) is 4.90 Å². The van der Waals surface area contributed by atoms with Gasteiger partial charge in [-0.25, -0.2) is 19.4 Å². The molecule has 3 rings (SSSR count). The second kappa shape index (κ2) is 14.1. The van der Waals surface area contributed by atoms with Crippen LogP contribution in [-0.4, -0.2) is 69.8 Å². The molecule has 3 N–H and O–H groups in total. The van der Waals surface area contributed by atoms with Crippen molar-refractivity contribution in [3.8, 4) is 0 Å². The summed E-state index contributed by atoms with van der Waals surface area (Å²) in [5, 5.41) is 11.9. The van der Waals surface area contributed by atoms with Gasteiger partial charge in [0.25, 0.3) is 0 Å². The number of carbonyl (C=O) groups is 4. The van der Waals surface area contributed by atoms with E-state index in [1.807, 2.05) is 0 Å². The van der Waals surface area contributed by atoms with Crippen molar-refractivity contribution in [1.29, 1.82) is 0 Å². The number of benzene rings is 2. The Morgan fingerprint density at radius 1 is 0.947 bits per heavy atom. The van der Waals surface area contributed by atoms with Crippen LogP contribution >= 0.6 is 0 Å². The summed E-state index contributed by atoms with van der Waals surface area (Å²) in [6.07, 6.45) is 0.260. The number of carbonyl (C=O) groups excluding carboxylic acids is 4. The predicted molar refractivity (Wildman–Crippen MR) is 132 cm³/mol. The van der Waals surface area contributed by atoms with E-state index in [9.17, 15) is 24.3 Å². The smallest absolute Gasteiger partial charge is 0.420 e. The molecule has 12 nitrogen and oxygen atoms in total. The van der Waals surface area contributed by atoms with Gasteiger partial charge < -0.3 is 29.6 Å². The number of ether oxygens (including phenoxy) is 3. The molecular formula is C26H28N4O8. The third-order valence-electron chi connectivity index (χ3n) is 5.37. The Bertz CT molecular complexity index is 1130. The van der Waals surface area contributed by atoms with Gasteiger partial charge in [-0.3, -0.25) is 4.79 Å². The molecule has 3 amide bonds. The lowest BCUT2D eigenvalue weighted by Gasteiger charge is -2.28. The van der Waals surface area contributed by atoms with Gasteiger partial charge in [0.05, 0.1) is 20.0 Å². The average molecular weight is 525 g/mol. The molecule has 12 heteroatoms. The van der Waals surface area contributed by atoms with Crippen LogP contribution in [0.15, 0.2) is 73.2 Å². The van der Waals surface area contributed by atoms with E-state index in [4.69, 9.17) is 9.47 Å². The van der Waals surface area contributed by atoms with E-state index in [2.05, 4.69) is 20.0 Å².